The molecule has 1 unspecified atom stereocenters. The van der Waals surface area contributed by atoms with Gasteiger partial charge >= 0.3 is 0 Å². The van der Waals surface area contributed by atoms with Gasteiger partial charge in [-0.1, -0.05) is 39.7 Å². The first-order valence-corrected chi connectivity index (χ1v) is 7.49. The summed E-state index contributed by atoms with van der Waals surface area (Å²) in [5.41, 5.74) is 1.77. The Morgan fingerprint density at radius 2 is 1.65 bits per heavy atom. The van der Waals surface area contributed by atoms with Crippen LogP contribution in [0, 0.1) is 0 Å². The molecule has 5 heteroatoms. The predicted molar refractivity (Wildman–Crippen MR) is 86.4 cm³/mol. The van der Waals surface area contributed by atoms with E-state index in [4.69, 9.17) is 32.7 Å². The molecule has 0 aromatic heterocycles. The fourth-order valence-corrected chi connectivity index (χ4v) is 2.84. The predicted octanol–water partition coefficient (Wildman–Crippen LogP) is 5.45. The number of methoxy groups -OCH3 is 2. The summed E-state index contributed by atoms with van der Waals surface area (Å²) in [4.78, 5) is 0. The molecule has 0 aliphatic carbocycles. The Hall–Kier alpha value is -0.900. The Labute approximate surface area is 136 Å². The normalized spacial score (nSPS) is 12.1. The van der Waals surface area contributed by atoms with Crippen molar-refractivity contribution in [2.75, 3.05) is 14.2 Å². The van der Waals surface area contributed by atoms with Gasteiger partial charge in [-0.05, 0) is 29.8 Å². The van der Waals surface area contributed by atoms with Crippen molar-refractivity contribution in [2.24, 2.45) is 0 Å². The van der Waals surface area contributed by atoms with E-state index in [0.717, 1.165) is 15.6 Å². The number of rotatable bonds is 4. The smallest absolute Gasteiger partial charge is 0.146 e. The van der Waals surface area contributed by atoms with Crippen LogP contribution in [0.15, 0.2) is 40.9 Å². The minimum absolute atomic E-state index is 0.346. The second-order valence-electron chi connectivity index (χ2n) is 4.12. The molecule has 0 heterocycles. The molecule has 2 nitrogen and oxygen atoms in total. The van der Waals surface area contributed by atoms with E-state index >= 15 is 0 Å². The van der Waals surface area contributed by atoms with Crippen molar-refractivity contribution >= 4 is 39.1 Å². The van der Waals surface area contributed by atoms with Gasteiger partial charge in [-0.2, -0.15) is 0 Å². The van der Waals surface area contributed by atoms with Gasteiger partial charge < -0.3 is 9.47 Å². The third-order valence-electron chi connectivity index (χ3n) is 2.95. The molecule has 0 aliphatic rings. The highest BCUT2D eigenvalue weighted by atomic mass is 79.9. The van der Waals surface area contributed by atoms with Crippen LogP contribution in [0.25, 0.3) is 0 Å². The summed E-state index contributed by atoms with van der Waals surface area (Å²) in [7, 11) is 3.13. The Bertz CT molecular complexity index is 600. The molecule has 0 saturated heterocycles. The summed E-state index contributed by atoms with van der Waals surface area (Å²) in [6, 6.07) is 11.5. The third kappa shape index (κ3) is 3.05. The summed E-state index contributed by atoms with van der Waals surface area (Å²) in [6.45, 7) is 0. The van der Waals surface area contributed by atoms with Gasteiger partial charge in [-0.25, -0.2) is 0 Å². The average molecular weight is 376 g/mol. The maximum Gasteiger partial charge on any atom is 0.146 e. The van der Waals surface area contributed by atoms with Crippen molar-refractivity contribution in [3.8, 4) is 11.5 Å². The van der Waals surface area contributed by atoms with E-state index in [9.17, 15) is 0 Å². The first-order valence-electron chi connectivity index (χ1n) is 5.88. The molecule has 0 radical (unpaired) electrons. The van der Waals surface area contributed by atoms with E-state index in [1.54, 1.807) is 20.3 Å². The summed E-state index contributed by atoms with van der Waals surface area (Å²) in [5.74, 6) is 1.10. The summed E-state index contributed by atoms with van der Waals surface area (Å²) < 4.78 is 11.6. The number of alkyl halides is 1. The number of hydrogen-bond donors (Lipinski definition) is 0. The van der Waals surface area contributed by atoms with Crippen LogP contribution >= 0.6 is 39.1 Å². The lowest BCUT2D eigenvalue weighted by molar-refractivity contribution is 0.392. The molecule has 0 saturated carbocycles. The standard InChI is InChI=1S/C15H13BrCl2O2/c1-19-12-8-7-11(15(20-2)14(12)18)13(17)9-3-5-10(16)6-4-9/h3-8,13H,1-2H3. The first-order chi connectivity index (χ1) is 9.58. The fourth-order valence-electron chi connectivity index (χ4n) is 1.93. The summed E-state index contributed by atoms with van der Waals surface area (Å²) in [6.07, 6.45) is 0. The molecule has 20 heavy (non-hydrogen) atoms. The van der Waals surface area contributed by atoms with E-state index in [2.05, 4.69) is 15.9 Å². The van der Waals surface area contributed by atoms with Crippen LogP contribution in [-0.2, 0) is 0 Å². The van der Waals surface area contributed by atoms with Crippen LogP contribution < -0.4 is 9.47 Å². The van der Waals surface area contributed by atoms with Crippen LogP contribution in [0.3, 0.4) is 0 Å². The average Bonchev–Trinajstić information content (AvgIpc) is 2.47. The maximum atomic E-state index is 6.54. The highest BCUT2D eigenvalue weighted by Gasteiger charge is 2.20. The van der Waals surface area contributed by atoms with Crippen molar-refractivity contribution in [3.05, 3.63) is 57.0 Å². The molecule has 2 aromatic carbocycles. The van der Waals surface area contributed by atoms with Gasteiger partial charge in [0.1, 0.15) is 16.5 Å². The van der Waals surface area contributed by atoms with Gasteiger partial charge in [0.25, 0.3) is 0 Å². The van der Waals surface area contributed by atoms with Crippen LogP contribution in [0.2, 0.25) is 5.02 Å². The minimum Gasteiger partial charge on any atom is -0.495 e. The zero-order chi connectivity index (χ0) is 14.7. The lowest BCUT2D eigenvalue weighted by Crippen LogP contribution is -1.99. The van der Waals surface area contributed by atoms with E-state index < -0.39 is 0 Å². The molecule has 1 atom stereocenters. The zero-order valence-corrected chi connectivity index (χ0v) is 14.1. The van der Waals surface area contributed by atoms with Crippen molar-refractivity contribution in [3.63, 3.8) is 0 Å². The monoisotopic (exact) mass is 374 g/mol. The molecule has 0 fully saturated rings. The van der Waals surface area contributed by atoms with Gasteiger partial charge in [-0.15, -0.1) is 11.6 Å². The van der Waals surface area contributed by atoms with Gasteiger partial charge in [0.05, 0.1) is 19.6 Å². The Balaban J connectivity index is 2.46. The molecule has 0 spiro atoms. The quantitative estimate of drug-likeness (QED) is 0.661. The van der Waals surface area contributed by atoms with E-state index in [1.807, 2.05) is 30.3 Å². The Morgan fingerprint density at radius 1 is 1.00 bits per heavy atom. The van der Waals surface area contributed by atoms with E-state index in [-0.39, 0.29) is 5.38 Å². The Kier molecular flexibility index (Phi) is 5.19. The molecule has 0 bridgehead atoms. The van der Waals surface area contributed by atoms with E-state index in [0.29, 0.717) is 16.5 Å². The SMILES string of the molecule is COc1ccc(C(Cl)c2ccc(Br)cc2)c(OC)c1Cl. The molecule has 106 valence electrons. The molecule has 2 aromatic rings. The van der Waals surface area contributed by atoms with Crippen molar-refractivity contribution < 1.29 is 9.47 Å². The van der Waals surface area contributed by atoms with Crippen LogP contribution in [0.5, 0.6) is 11.5 Å². The van der Waals surface area contributed by atoms with Crippen molar-refractivity contribution in [2.45, 2.75) is 5.38 Å². The number of benzene rings is 2. The zero-order valence-electron chi connectivity index (χ0n) is 11.0. The molecule has 0 amide bonds. The van der Waals surface area contributed by atoms with Gasteiger partial charge in [0.15, 0.2) is 0 Å². The summed E-state index contributed by atoms with van der Waals surface area (Å²) in [5, 5.41) is 0.0803. The van der Waals surface area contributed by atoms with Crippen molar-refractivity contribution in [1.82, 2.24) is 0 Å². The van der Waals surface area contributed by atoms with Gasteiger partial charge in [0.2, 0.25) is 0 Å². The summed E-state index contributed by atoms with van der Waals surface area (Å²) >= 11 is 16.2. The lowest BCUT2D eigenvalue weighted by atomic mass is 10.0. The Morgan fingerprint density at radius 3 is 2.20 bits per heavy atom. The van der Waals surface area contributed by atoms with Gasteiger partial charge in [-0.3, -0.25) is 0 Å². The van der Waals surface area contributed by atoms with E-state index in [1.165, 1.54) is 0 Å². The lowest BCUT2D eigenvalue weighted by Gasteiger charge is -2.17. The maximum absolute atomic E-state index is 6.54. The number of halogens is 3. The second-order valence-corrected chi connectivity index (χ2v) is 5.85. The fraction of sp³-hybridized carbons (Fsp3) is 0.200. The topological polar surface area (TPSA) is 18.5 Å². The van der Waals surface area contributed by atoms with Crippen LogP contribution in [0.4, 0.5) is 0 Å². The van der Waals surface area contributed by atoms with Crippen molar-refractivity contribution in [1.29, 1.82) is 0 Å². The number of ether oxygens (including phenoxy) is 2. The largest absolute Gasteiger partial charge is 0.495 e. The molecule has 0 N–H and O–H groups in total. The van der Waals surface area contributed by atoms with Crippen LogP contribution in [-0.4, -0.2) is 14.2 Å². The van der Waals surface area contributed by atoms with Gasteiger partial charge in [0, 0.05) is 10.0 Å². The highest BCUT2D eigenvalue weighted by Crippen LogP contribution is 2.43. The molecular formula is C15H13BrCl2O2. The molecular weight excluding hydrogens is 363 g/mol. The van der Waals surface area contributed by atoms with Crippen LogP contribution in [0.1, 0.15) is 16.5 Å². The molecule has 0 aliphatic heterocycles. The second kappa shape index (κ2) is 6.70. The molecule has 2 rings (SSSR count). The number of hydrogen-bond acceptors (Lipinski definition) is 2. The minimum atomic E-state index is -0.346. The first kappa shape index (κ1) is 15.5. The third-order valence-corrected chi connectivity index (χ3v) is 4.33. The highest BCUT2D eigenvalue weighted by molar-refractivity contribution is 9.10.